The Morgan fingerprint density at radius 1 is 1.45 bits per heavy atom. The van der Waals surface area contributed by atoms with Gasteiger partial charge in [-0.1, -0.05) is 0 Å². The molecule has 0 N–H and O–H groups in total. The number of nitrogens with zero attached hydrogens (tertiary/aromatic N) is 1. The van der Waals surface area contributed by atoms with E-state index in [4.69, 9.17) is 0 Å². The zero-order valence-electron chi connectivity index (χ0n) is 6.25. The van der Waals surface area contributed by atoms with E-state index in [9.17, 15) is 4.91 Å². The number of rotatable bonds is 0. The highest BCUT2D eigenvalue weighted by atomic mass is 32.1. The lowest BCUT2D eigenvalue weighted by molar-refractivity contribution is -0.462. The molecule has 0 radical (unpaired) electrons. The van der Waals surface area contributed by atoms with Gasteiger partial charge in [-0.2, -0.15) is 0 Å². The third-order valence-corrected chi connectivity index (χ3v) is 2.98. The third kappa shape index (κ3) is 1.20. The van der Waals surface area contributed by atoms with Crippen LogP contribution in [0.1, 0.15) is 17.7 Å². The molecule has 1 aliphatic rings. The maximum atomic E-state index is 11.3. The summed E-state index contributed by atoms with van der Waals surface area (Å²) in [6.45, 7) is 0.670. The van der Waals surface area contributed by atoms with Crippen molar-refractivity contribution in [3.63, 3.8) is 0 Å². The molecule has 2 heterocycles. The fraction of sp³-hybridized carbons (Fsp3) is 0.500. The van der Waals surface area contributed by atoms with E-state index in [1.807, 2.05) is 11.4 Å². The van der Waals surface area contributed by atoms with Crippen LogP contribution in [-0.2, 0) is 6.42 Å². The van der Waals surface area contributed by atoms with Crippen molar-refractivity contribution in [3.8, 4) is 0 Å². The van der Waals surface area contributed by atoms with E-state index in [1.165, 1.54) is 4.88 Å². The molecule has 2 rings (SSSR count). The van der Waals surface area contributed by atoms with Gasteiger partial charge in [0.15, 0.2) is 6.54 Å². The molecule has 0 aliphatic carbocycles. The predicted molar refractivity (Wildman–Crippen MR) is 45.4 cm³/mol. The van der Waals surface area contributed by atoms with Gasteiger partial charge in [0, 0.05) is 22.2 Å². The molecule has 1 aliphatic heterocycles. The number of nitroso groups, excluding NO2 is 1. The third-order valence-electron chi connectivity index (χ3n) is 2.01. The van der Waals surface area contributed by atoms with E-state index in [-0.39, 0.29) is 0 Å². The van der Waals surface area contributed by atoms with E-state index < -0.39 is 0 Å². The van der Waals surface area contributed by atoms with Gasteiger partial charge < -0.3 is 0 Å². The summed E-state index contributed by atoms with van der Waals surface area (Å²) in [5.41, 5.74) is 0.910. The van der Waals surface area contributed by atoms with E-state index in [1.54, 1.807) is 11.3 Å². The molecule has 0 fully saturated rings. The SMILES string of the molecule is O=[N+]1CCCCc2sccc21. The molecule has 0 saturated heterocycles. The average molecular weight is 168 g/mol. The first-order chi connectivity index (χ1) is 5.38. The van der Waals surface area contributed by atoms with Crippen LogP contribution in [0.3, 0.4) is 0 Å². The van der Waals surface area contributed by atoms with E-state index in [0.717, 1.165) is 29.7 Å². The fourth-order valence-corrected chi connectivity index (χ4v) is 2.32. The second kappa shape index (κ2) is 2.74. The van der Waals surface area contributed by atoms with Gasteiger partial charge in [-0.15, -0.1) is 11.3 Å². The topological polar surface area (TPSA) is 20.1 Å². The Labute approximate surface area is 69.4 Å². The van der Waals surface area contributed by atoms with Crippen molar-refractivity contribution in [3.05, 3.63) is 21.2 Å². The number of aryl methyl sites for hydroxylation is 1. The van der Waals surface area contributed by atoms with Crippen molar-refractivity contribution in [2.45, 2.75) is 19.3 Å². The second-order valence-electron chi connectivity index (χ2n) is 2.79. The summed E-state index contributed by atoms with van der Waals surface area (Å²) in [4.78, 5) is 12.6. The minimum absolute atomic E-state index is 0.670. The lowest BCUT2D eigenvalue weighted by atomic mass is 10.2. The van der Waals surface area contributed by atoms with Crippen molar-refractivity contribution in [1.29, 1.82) is 0 Å². The monoisotopic (exact) mass is 168 g/mol. The minimum atomic E-state index is 0.670. The van der Waals surface area contributed by atoms with Crippen LogP contribution in [0, 0.1) is 4.91 Å². The van der Waals surface area contributed by atoms with Crippen LogP contribution in [0.5, 0.6) is 0 Å². The van der Waals surface area contributed by atoms with Gasteiger partial charge in [-0.3, -0.25) is 0 Å². The van der Waals surface area contributed by atoms with Crippen LogP contribution in [-0.4, -0.2) is 11.3 Å². The molecule has 0 amide bonds. The summed E-state index contributed by atoms with van der Waals surface area (Å²) in [6.07, 6.45) is 3.28. The number of hydrogen-bond donors (Lipinski definition) is 0. The molecule has 0 spiro atoms. The highest BCUT2D eigenvalue weighted by Crippen LogP contribution is 2.28. The molecule has 0 aromatic carbocycles. The zero-order valence-corrected chi connectivity index (χ0v) is 7.06. The number of fused-ring (bicyclic) bond motifs is 1. The summed E-state index contributed by atoms with van der Waals surface area (Å²) < 4.78 is 1.12. The Bertz CT molecular complexity index is 279. The normalized spacial score (nSPS) is 17.6. The van der Waals surface area contributed by atoms with E-state index in [2.05, 4.69) is 0 Å². The summed E-state index contributed by atoms with van der Waals surface area (Å²) in [5.74, 6) is 0. The highest BCUT2D eigenvalue weighted by Gasteiger charge is 2.22. The molecule has 1 aromatic rings. The molecule has 11 heavy (non-hydrogen) atoms. The maximum Gasteiger partial charge on any atom is 0.269 e. The highest BCUT2D eigenvalue weighted by molar-refractivity contribution is 7.10. The second-order valence-corrected chi connectivity index (χ2v) is 3.79. The molecular formula is C8H10NOS+. The first-order valence-electron chi connectivity index (χ1n) is 3.89. The molecule has 0 bridgehead atoms. The number of thiophene rings is 1. The fourth-order valence-electron chi connectivity index (χ4n) is 1.40. The summed E-state index contributed by atoms with van der Waals surface area (Å²) in [7, 11) is 0. The molecule has 2 nitrogen and oxygen atoms in total. The Morgan fingerprint density at radius 2 is 2.36 bits per heavy atom. The molecule has 3 heteroatoms. The molecule has 1 aromatic heterocycles. The standard InChI is InChI=1S/C8H10NOS/c10-9-5-2-1-3-8-7(9)4-6-11-8/h4,6H,1-3,5H2/q+1. The van der Waals surface area contributed by atoms with Crippen LogP contribution < -0.4 is 0 Å². The van der Waals surface area contributed by atoms with Gasteiger partial charge >= 0.3 is 0 Å². The lowest BCUT2D eigenvalue weighted by Gasteiger charge is -1.85. The van der Waals surface area contributed by atoms with Crippen LogP contribution in [0.15, 0.2) is 11.4 Å². The Morgan fingerprint density at radius 3 is 3.27 bits per heavy atom. The molecule has 0 atom stereocenters. The van der Waals surface area contributed by atoms with Crippen molar-refractivity contribution in [2.75, 3.05) is 6.54 Å². The van der Waals surface area contributed by atoms with E-state index in [0.29, 0.717) is 6.54 Å². The lowest BCUT2D eigenvalue weighted by Crippen LogP contribution is -1.99. The number of hydrogen-bond acceptors (Lipinski definition) is 2. The van der Waals surface area contributed by atoms with Gasteiger partial charge in [0.1, 0.15) is 0 Å². The molecular weight excluding hydrogens is 158 g/mol. The van der Waals surface area contributed by atoms with Gasteiger partial charge in [0.25, 0.3) is 5.69 Å². The maximum absolute atomic E-state index is 11.3. The predicted octanol–water partition coefficient (Wildman–Crippen LogP) is 2.49. The smallest absolute Gasteiger partial charge is 0.142 e. The van der Waals surface area contributed by atoms with Crippen molar-refractivity contribution in [2.24, 2.45) is 0 Å². The largest absolute Gasteiger partial charge is 0.269 e. The van der Waals surface area contributed by atoms with Crippen molar-refractivity contribution >= 4 is 17.0 Å². The van der Waals surface area contributed by atoms with Crippen LogP contribution in [0.4, 0.5) is 5.69 Å². The van der Waals surface area contributed by atoms with Crippen molar-refractivity contribution in [1.82, 2.24) is 0 Å². The Hall–Kier alpha value is -0.700. The average Bonchev–Trinajstić information content (AvgIpc) is 2.40. The molecule has 58 valence electrons. The van der Waals surface area contributed by atoms with Crippen LogP contribution >= 0.6 is 11.3 Å². The van der Waals surface area contributed by atoms with Crippen LogP contribution in [0.25, 0.3) is 0 Å². The quantitative estimate of drug-likeness (QED) is 0.545. The Kier molecular flexibility index (Phi) is 1.74. The van der Waals surface area contributed by atoms with Crippen molar-refractivity contribution < 1.29 is 4.76 Å². The van der Waals surface area contributed by atoms with Gasteiger partial charge in [0.05, 0.1) is 4.88 Å². The van der Waals surface area contributed by atoms with Gasteiger partial charge in [-0.25, -0.2) is 0 Å². The summed E-state index contributed by atoms with van der Waals surface area (Å²) >= 11 is 1.70. The van der Waals surface area contributed by atoms with Crippen LogP contribution in [0.2, 0.25) is 0 Å². The first-order valence-corrected chi connectivity index (χ1v) is 4.77. The minimum Gasteiger partial charge on any atom is -0.142 e. The van der Waals surface area contributed by atoms with Gasteiger partial charge in [-0.05, 0) is 18.2 Å². The summed E-state index contributed by atoms with van der Waals surface area (Å²) in [5, 5.41) is 2.00. The summed E-state index contributed by atoms with van der Waals surface area (Å²) in [6, 6.07) is 1.93. The van der Waals surface area contributed by atoms with Gasteiger partial charge in [0.2, 0.25) is 0 Å². The Balaban J connectivity index is 2.41. The molecule has 0 unspecified atom stereocenters. The molecule has 0 saturated carbocycles. The first kappa shape index (κ1) is 6.98. The zero-order chi connectivity index (χ0) is 7.68. The van der Waals surface area contributed by atoms with E-state index >= 15 is 0 Å².